The van der Waals surface area contributed by atoms with E-state index in [1.54, 1.807) is 12.3 Å². The molecule has 1 aromatic rings. The summed E-state index contributed by atoms with van der Waals surface area (Å²) in [7, 11) is 0. The van der Waals surface area contributed by atoms with Crippen LogP contribution in [0.25, 0.3) is 0 Å². The predicted octanol–water partition coefficient (Wildman–Crippen LogP) is 2.02. The van der Waals surface area contributed by atoms with E-state index < -0.39 is 12.0 Å². The van der Waals surface area contributed by atoms with Gasteiger partial charge in [0.2, 0.25) is 5.88 Å². The van der Waals surface area contributed by atoms with Gasteiger partial charge in [0.1, 0.15) is 0 Å². The molecule has 0 bridgehead atoms. The molecule has 0 aromatic carbocycles. The lowest BCUT2D eigenvalue weighted by Crippen LogP contribution is -2.52. The second kappa shape index (κ2) is 4.96. The minimum atomic E-state index is -2.83. The molecule has 17 heavy (non-hydrogen) atoms. The normalized spacial score (nSPS) is 23.4. The van der Waals surface area contributed by atoms with Crippen molar-refractivity contribution in [1.29, 1.82) is 0 Å². The van der Waals surface area contributed by atoms with Crippen LogP contribution in [-0.4, -0.2) is 30.1 Å². The van der Waals surface area contributed by atoms with E-state index in [0.717, 1.165) is 12.0 Å². The van der Waals surface area contributed by atoms with Gasteiger partial charge in [-0.15, -0.1) is 0 Å². The number of ether oxygens (including phenoxy) is 1. The average Bonchev–Trinajstić information content (AvgIpc) is 2.33. The summed E-state index contributed by atoms with van der Waals surface area (Å²) in [5.74, 6) is -2.56. The number of nitrogens with zero attached hydrogens (tertiary/aromatic N) is 1. The molecule has 0 saturated carbocycles. The van der Waals surface area contributed by atoms with Gasteiger partial charge in [-0.05, 0) is 18.5 Å². The summed E-state index contributed by atoms with van der Waals surface area (Å²) in [6, 6.07) is 3.50. The maximum absolute atomic E-state index is 13.5. The monoisotopic (exact) mass is 242 g/mol. The Labute approximate surface area is 99.2 Å². The molecule has 0 radical (unpaired) electrons. The van der Waals surface area contributed by atoms with Crippen molar-refractivity contribution in [3.05, 3.63) is 23.9 Å². The van der Waals surface area contributed by atoms with Crippen LogP contribution in [0.5, 0.6) is 5.88 Å². The molecule has 2 rings (SSSR count). The number of aromatic nitrogens is 1. The van der Waals surface area contributed by atoms with Gasteiger partial charge < -0.3 is 10.1 Å². The standard InChI is InChI=1S/C12H16F2N2O/c1-2-9-3-4-11(16-7-9)17-10-5-6-15-8-12(10,13)14/h3-4,7,10,15H,2,5-6,8H2,1H3. The lowest BCUT2D eigenvalue weighted by molar-refractivity contribution is -0.110. The summed E-state index contributed by atoms with van der Waals surface area (Å²) in [6.45, 7) is 2.23. The summed E-state index contributed by atoms with van der Waals surface area (Å²) in [5, 5.41) is 2.66. The van der Waals surface area contributed by atoms with Gasteiger partial charge in [0.05, 0.1) is 6.54 Å². The largest absolute Gasteiger partial charge is 0.468 e. The van der Waals surface area contributed by atoms with E-state index in [1.165, 1.54) is 0 Å². The molecule has 1 N–H and O–H groups in total. The fraction of sp³-hybridized carbons (Fsp3) is 0.583. The Morgan fingerprint density at radius 3 is 2.94 bits per heavy atom. The molecule has 5 heteroatoms. The number of piperidine rings is 1. The van der Waals surface area contributed by atoms with E-state index in [-0.39, 0.29) is 12.4 Å². The van der Waals surface area contributed by atoms with Gasteiger partial charge >= 0.3 is 0 Å². The highest BCUT2D eigenvalue weighted by atomic mass is 19.3. The molecule has 1 aromatic heterocycles. The van der Waals surface area contributed by atoms with E-state index in [4.69, 9.17) is 4.74 Å². The predicted molar refractivity (Wildman–Crippen MR) is 60.5 cm³/mol. The summed E-state index contributed by atoms with van der Waals surface area (Å²) in [6.07, 6.45) is 1.75. The molecule has 1 unspecified atom stereocenters. The molecule has 94 valence electrons. The van der Waals surface area contributed by atoms with Crippen molar-refractivity contribution in [3.63, 3.8) is 0 Å². The highest BCUT2D eigenvalue weighted by molar-refractivity contribution is 5.18. The smallest absolute Gasteiger partial charge is 0.296 e. The number of aryl methyl sites for hydroxylation is 1. The fourth-order valence-electron chi connectivity index (χ4n) is 1.79. The second-order valence-corrected chi connectivity index (χ2v) is 4.19. The third-order valence-electron chi connectivity index (χ3n) is 2.88. The van der Waals surface area contributed by atoms with Gasteiger partial charge in [-0.25, -0.2) is 13.8 Å². The van der Waals surface area contributed by atoms with E-state index in [1.807, 2.05) is 13.0 Å². The highest BCUT2D eigenvalue weighted by Gasteiger charge is 2.43. The molecule has 1 aliphatic heterocycles. The minimum Gasteiger partial charge on any atom is -0.468 e. The van der Waals surface area contributed by atoms with Crippen LogP contribution in [0.15, 0.2) is 18.3 Å². The molecule has 0 spiro atoms. The zero-order valence-corrected chi connectivity index (χ0v) is 9.75. The van der Waals surface area contributed by atoms with E-state index in [2.05, 4.69) is 10.3 Å². The molecule has 1 saturated heterocycles. The first kappa shape index (κ1) is 12.2. The first-order valence-electron chi connectivity index (χ1n) is 5.82. The van der Waals surface area contributed by atoms with Crippen LogP contribution in [0.3, 0.4) is 0 Å². The Balaban J connectivity index is 2.03. The average molecular weight is 242 g/mol. The van der Waals surface area contributed by atoms with Crippen LogP contribution in [0.4, 0.5) is 8.78 Å². The van der Waals surface area contributed by atoms with Crippen molar-refractivity contribution in [3.8, 4) is 5.88 Å². The molecule has 3 nitrogen and oxygen atoms in total. The third kappa shape index (κ3) is 2.91. The summed E-state index contributed by atoms with van der Waals surface area (Å²) in [4.78, 5) is 4.03. The number of rotatable bonds is 3. The minimum absolute atomic E-state index is 0.272. The van der Waals surface area contributed by atoms with E-state index in [0.29, 0.717) is 13.0 Å². The summed E-state index contributed by atoms with van der Waals surface area (Å²) >= 11 is 0. The topological polar surface area (TPSA) is 34.1 Å². The van der Waals surface area contributed by atoms with Gasteiger partial charge in [-0.3, -0.25) is 0 Å². The molecule has 1 aliphatic rings. The van der Waals surface area contributed by atoms with E-state index in [9.17, 15) is 8.78 Å². The number of hydrogen-bond acceptors (Lipinski definition) is 3. The molecule has 1 fully saturated rings. The number of halogens is 2. The Morgan fingerprint density at radius 2 is 2.35 bits per heavy atom. The second-order valence-electron chi connectivity index (χ2n) is 4.19. The Kier molecular flexibility index (Phi) is 3.57. The molecule has 0 amide bonds. The van der Waals surface area contributed by atoms with Crippen LogP contribution in [0, 0.1) is 0 Å². The number of nitrogens with one attached hydrogen (secondary N) is 1. The van der Waals surface area contributed by atoms with Crippen LogP contribution >= 0.6 is 0 Å². The number of alkyl halides is 2. The molecule has 2 heterocycles. The molecule has 0 aliphatic carbocycles. The molecular weight excluding hydrogens is 226 g/mol. The molecular formula is C12H16F2N2O. The Hall–Kier alpha value is -1.23. The fourth-order valence-corrected chi connectivity index (χ4v) is 1.79. The van der Waals surface area contributed by atoms with Gasteiger partial charge in [-0.2, -0.15) is 0 Å². The Bertz CT molecular complexity index is 367. The lowest BCUT2D eigenvalue weighted by Gasteiger charge is -2.31. The van der Waals surface area contributed by atoms with Crippen LogP contribution in [0.1, 0.15) is 18.9 Å². The van der Waals surface area contributed by atoms with E-state index >= 15 is 0 Å². The third-order valence-corrected chi connectivity index (χ3v) is 2.88. The zero-order chi connectivity index (χ0) is 12.3. The maximum atomic E-state index is 13.5. The van der Waals surface area contributed by atoms with Crippen molar-refractivity contribution in [2.24, 2.45) is 0 Å². The van der Waals surface area contributed by atoms with Crippen LogP contribution in [0.2, 0.25) is 0 Å². The van der Waals surface area contributed by atoms with Crippen LogP contribution in [-0.2, 0) is 6.42 Å². The maximum Gasteiger partial charge on any atom is 0.296 e. The molecule has 1 atom stereocenters. The zero-order valence-electron chi connectivity index (χ0n) is 9.75. The number of hydrogen-bond donors (Lipinski definition) is 1. The SMILES string of the molecule is CCc1ccc(OC2CCNCC2(F)F)nc1. The highest BCUT2D eigenvalue weighted by Crippen LogP contribution is 2.27. The van der Waals surface area contributed by atoms with Gasteiger partial charge in [-0.1, -0.05) is 13.0 Å². The van der Waals surface area contributed by atoms with Gasteiger partial charge in [0.15, 0.2) is 6.10 Å². The van der Waals surface area contributed by atoms with Crippen LogP contribution < -0.4 is 10.1 Å². The van der Waals surface area contributed by atoms with Crippen molar-refractivity contribution < 1.29 is 13.5 Å². The first-order chi connectivity index (χ1) is 8.12. The van der Waals surface area contributed by atoms with Crippen molar-refractivity contribution in [2.75, 3.05) is 13.1 Å². The first-order valence-corrected chi connectivity index (χ1v) is 5.82. The van der Waals surface area contributed by atoms with Gasteiger partial charge in [0, 0.05) is 18.7 Å². The van der Waals surface area contributed by atoms with Crippen molar-refractivity contribution >= 4 is 0 Å². The van der Waals surface area contributed by atoms with Gasteiger partial charge in [0.25, 0.3) is 5.92 Å². The summed E-state index contributed by atoms with van der Waals surface area (Å²) in [5.41, 5.74) is 1.06. The lowest BCUT2D eigenvalue weighted by atomic mass is 10.1. The van der Waals surface area contributed by atoms with Crippen molar-refractivity contribution in [1.82, 2.24) is 10.3 Å². The number of pyridine rings is 1. The quantitative estimate of drug-likeness (QED) is 0.880. The Morgan fingerprint density at radius 1 is 1.53 bits per heavy atom. The van der Waals surface area contributed by atoms with Crippen molar-refractivity contribution in [2.45, 2.75) is 31.8 Å². The summed E-state index contributed by atoms with van der Waals surface area (Å²) < 4.78 is 32.2.